The maximum Gasteiger partial charge on any atom is 0.227 e. The van der Waals surface area contributed by atoms with Crippen LogP contribution in [0.15, 0.2) is 24.3 Å². The van der Waals surface area contributed by atoms with Crippen LogP contribution in [0.2, 0.25) is 0 Å². The minimum absolute atomic E-state index is 0.0504. The Labute approximate surface area is 113 Å². The SMILES string of the molecule is NC1COCC1C(=O)NC1CCc2ccccc2C1. The Morgan fingerprint density at radius 3 is 2.79 bits per heavy atom. The number of fused-ring (bicyclic) bond motifs is 1. The van der Waals surface area contributed by atoms with E-state index >= 15 is 0 Å². The molecule has 3 rings (SSSR count). The van der Waals surface area contributed by atoms with E-state index in [0.29, 0.717) is 13.2 Å². The van der Waals surface area contributed by atoms with Crippen molar-refractivity contribution in [3.63, 3.8) is 0 Å². The normalized spacial score (nSPS) is 29.8. The number of carbonyl (C=O) groups is 1. The molecular weight excluding hydrogens is 240 g/mol. The Kier molecular flexibility index (Phi) is 3.53. The van der Waals surface area contributed by atoms with Gasteiger partial charge in [-0.3, -0.25) is 4.79 Å². The lowest BCUT2D eigenvalue weighted by Gasteiger charge is -2.27. The number of carbonyl (C=O) groups excluding carboxylic acids is 1. The molecule has 4 nitrogen and oxygen atoms in total. The van der Waals surface area contributed by atoms with E-state index in [1.165, 1.54) is 11.1 Å². The van der Waals surface area contributed by atoms with Gasteiger partial charge >= 0.3 is 0 Å². The van der Waals surface area contributed by atoms with Crippen molar-refractivity contribution in [2.24, 2.45) is 11.7 Å². The van der Waals surface area contributed by atoms with Crippen molar-refractivity contribution in [2.75, 3.05) is 13.2 Å². The Bertz CT molecular complexity index is 475. The highest BCUT2D eigenvalue weighted by atomic mass is 16.5. The van der Waals surface area contributed by atoms with Crippen molar-refractivity contribution in [3.8, 4) is 0 Å². The first kappa shape index (κ1) is 12.6. The number of ether oxygens (including phenoxy) is 1. The van der Waals surface area contributed by atoms with Gasteiger partial charge in [-0.2, -0.15) is 0 Å². The summed E-state index contributed by atoms with van der Waals surface area (Å²) in [5.74, 6) is -0.133. The van der Waals surface area contributed by atoms with Crippen molar-refractivity contribution in [2.45, 2.75) is 31.3 Å². The van der Waals surface area contributed by atoms with Crippen LogP contribution in [-0.2, 0) is 22.4 Å². The molecule has 1 saturated heterocycles. The van der Waals surface area contributed by atoms with Crippen molar-refractivity contribution >= 4 is 5.91 Å². The zero-order chi connectivity index (χ0) is 13.2. The van der Waals surface area contributed by atoms with E-state index in [-0.39, 0.29) is 23.9 Å². The average molecular weight is 260 g/mol. The molecule has 102 valence electrons. The molecule has 4 heteroatoms. The standard InChI is InChI=1S/C15H20N2O2/c16-14-9-19-8-13(14)15(18)17-12-6-5-10-3-1-2-4-11(10)7-12/h1-4,12-14H,5-9,16H2,(H,17,18). The fourth-order valence-electron chi connectivity index (χ4n) is 2.97. The Morgan fingerprint density at radius 2 is 2.05 bits per heavy atom. The second-order valence-electron chi connectivity index (χ2n) is 5.52. The Hall–Kier alpha value is -1.39. The van der Waals surface area contributed by atoms with Crippen molar-refractivity contribution in [3.05, 3.63) is 35.4 Å². The topological polar surface area (TPSA) is 64.3 Å². The number of rotatable bonds is 2. The number of nitrogens with two attached hydrogens (primary N) is 1. The van der Waals surface area contributed by atoms with Crippen LogP contribution >= 0.6 is 0 Å². The highest BCUT2D eigenvalue weighted by molar-refractivity contribution is 5.80. The molecule has 1 aliphatic carbocycles. The molecule has 0 bridgehead atoms. The minimum atomic E-state index is -0.183. The zero-order valence-electron chi connectivity index (χ0n) is 11.0. The lowest BCUT2D eigenvalue weighted by Crippen LogP contribution is -2.46. The third kappa shape index (κ3) is 2.65. The molecule has 0 aromatic heterocycles. The summed E-state index contributed by atoms with van der Waals surface area (Å²) in [6.07, 6.45) is 2.96. The van der Waals surface area contributed by atoms with Crippen LogP contribution in [-0.4, -0.2) is 31.2 Å². The minimum Gasteiger partial charge on any atom is -0.379 e. The van der Waals surface area contributed by atoms with Crippen LogP contribution in [0.1, 0.15) is 17.5 Å². The van der Waals surface area contributed by atoms with Gasteiger partial charge in [0.2, 0.25) is 5.91 Å². The second kappa shape index (κ2) is 5.31. The van der Waals surface area contributed by atoms with E-state index in [4.69, 9.17) is 10.5 Å². The van der Waals surface area contributed by atoms with Crippen LogP contribution in [0.25, 0.3) is 0 Å². The summed E-state index contributed by atoms with van der Waals surface area (Å²) in [4.78, 5) is 12.2. The number of aryl methyl sites for hydroxylation is 1. The third-order valence-corrected chi connectivity index (χ3v) is 4.15. The molecule has 19 heavy (non-hydrogen) atoms. The second-order valence-corrected chi connectivity index (χ2v) is 5.52. The van der Waals surface area contributed by atoms with Crippen molar-refractivity contribution in [1.82, 2.24) is 5.32 Å². The lowest BCUT2D eigenvalue weighted by molar-refractivity contribution is -0.126. The van der Waals surface area contributed by atoms with E-state index in [2.05, 4.69) is 29.6 Å². The molecule has 1 fully saturated rings. The molecule has 3 N–H and O–H groups in total. The molecule has 3 atom stereocenters. The van der Waals surface area contributed by atoms with Gasteiger partial charge in [0.05, 0.1) is 19.1 Å². The number of amides is 1. The maximum absolute atomic E-state index is 12.2. The molecule has 0 radical (unpaired) electrons. The van der Waals surface area contributed by atoms with E-state index < -0.39 is 0 Å². The van der Waals surface area contributed by atoms with Crippen LogP contribution in [0.4, 0.5) is 0 Å². The summed E-state index contributed by atoms with van der Waals surface area (Å²) in [5.41, 5.74) is 8.64. The van der Waals surface area contributed by atoms with Crippen molar-refractivity contribution < 1.29 is 9.53 Å². The molecule has 0 spiro atoms. The van der Waals surface area contributed by atoms with Gasteiger partial charge in [0.1, 0.15) is 0 Å². The largest absolute Gasteiger partial charge is 0.379 e. The van der Waals surface area contributed by atoms with Gasteiger partial charge in [0, 0.05) is 12.1 Å². The van der Waals surface area contributed by atoms with Gasteiger partial charge in [0.25, 0.3) is 0 Å². The molecule has 0 saturated carbocycles. The lowest BCUT2D eigenvalue weighted by atomic mass is 9.88. The first-order valence-corrected chi connectivity index (χ1v) is 6.94. The summed E-state index contributed by atoms with van der Waals surface area (Å²) in [5, 5.41) is 3.13. The molecule has 1 aliphatic heterocycles. The first-order chi connectivity index (χ1) is 9.24. The van der Waals surface area contributed by atoms with E-state index in [1.54, 1.807) is 0 Å². The van der Waals surface area contributed by atoms with Crippen molar-refractivity contribution in [1.29, 1.82) is 0 Å². The summed E-state index contributed by atoms with van der Waals surface area (Å²) in [6, 6.07) is 8.54. The summed E-state index contributed by atoms with van der Waals surface area (Å²) in [6.45, 7) is 0.946. The van der Waals surface area contributed by atoms with Crippen LogP contribution in [0.5, 0.6) is 0 Å². The van der Waals surface area contributed by atoms with Crippen LogP contribution in [0, 0.1) is 5.92 Å². The Balaban J connectivity index is 1.61. The summed E-state index contributed by atoms with van der Waals surface area (Å²) < 4.78 is 5.25. The number of hydrogen-bond donors (Lipinski definition) is 2. The fourth-order valence-corrected chi connectivity index (χ4v) is 2.97. The molecule has 1 aromatic rings. The van der Waals surface area contributed by atoms with E-state index in [1.807, 2.05) is 0 Å². The summed E-state index contributed by atoms with van der Waals surface area (Å²) >= 11 is 0. The summed E-state index contributed by atoms with van der Waals surface area (Å²) in [7, 11) is 0. The molecule has 1 aromatic carbocycles. The van der Waals surface area contributed by atoms with Gasteiger partial charge in [-0.1, -0.05) is 24.3 Å². The smallest absolute Gasteiger partial charge is 0.227 e. The average Bonchev–Trinajstić information content (AvgIpc) is 2.85. The van der Waals surface area contributed by atoms with Gasteiger partial charge in [0.15, 0.2) is 0 Å². The molecule has 3 unspecified atom stereocenters. The number of hydrogen-bond acceptors (Lipinski definition) is 3. The van der Waals surface area contributed by atoms with Gasteiger partial charge < -0.3 is 15.8 Å². The fraction of sp³-hybridized carbons (Fsp3) is 0.533. The highest BCUT2D eigenvalue weighted by Gasteiger charge is 2.32. The predicted octanol–water partition coefficient (Wildman–Crippen LogP) is 0.634. The maximum atomic E-state index is 12.2. The van der Waals surface area contributed by atoms with Gasteiger partial charge in [-0.05, 0) is 30.4 Å². The van der Waals surface area contributed by atoms with Gasteiger partial charge in [-0.25, -0.2) is 0 Å². The monoisotopic (exact) mass is 260 g/mol. The third-order valence-electron chi connectivity index (χ3n) is 4.15. The first-order valence-electron chi connectivity index (χ1n) is 6.94. The Morgan fingerprint density at radius 1 is 1.26 bits per heavy atom. The zero-order valence-corrected chi connectivity index (χ0v) is 11.0. The molecule has 2 aliphatic rings. The highest BCUT2D eigenvalue weighted by Crippen LogP contribution is 2.21. The van der Waals surface area contributed by atoms with Gasteiger partial charge in [-0.15, -0.1) is 0 Å². The number of benzene rings is 1. The predicted molar refractivity (Wildman–Crippen MR) is 72.7 cm³/mol. The number of nitrogens with one attached hydrogen (secondary N) is 1. The quantitative estimate of drug-likeness (QED) is 0.820. The van der Waals surface area contributed by atoms with E-state index in [9.17, 15) is 4.79 Å². The van der Waals surface area contributed by atoms with E-state index in [0.717, 1.165) is 19.3 Å². The van der Waals surface area contributed by atoms with Crippen LogP contribution in [0.3, 0.4) is 0 Å². The molecule has 1 amide bonds. The molecular formula is C15H20N2O2. The van der Waals surface area contributed by atoms with Crippen LogP contribution < -0.4 is 11.1 Å². The molecule has 1 heterocycles.